The van der Waals surface area contributed by atoms with E-state index in [4.69, 9.17) is 4.98 Å². The molecule has 1 aromatic carbocycles. The molecule has 0 fully saturated rings. The molecule has 17 heavy (non-hydrogen) atoms. The van der Waals surface area contributed by atoms with Crippen molar-refractivity contribution in [2.45, 2.75) is 31.5 Å². The average molecular weight is 292 g/mol. The van der Waals surface area contributed by atoms with Gasteiger partial charge in [-0.05, 0) is 30.9 Å². The zero-order valence-corrected chi connectivity index (χ0v) is 11.9. The molecule has 0 radical (unpaired) electrons. The van der Waals surface area contributed by atoms with Gasteiger partial charge in [-0.3, -0.25) is 4.98 Å². The van der Waals surface area contributed by atoms with Crippen LogP contribution in [-0.4, -0.2) is 9.81 Å². The van der Waals surface area contributed by atoms with Crippen molar-refractivity contribution in [3.8, 4) is 0 Å². The molecule has 0 N–H and O–H groups in total. The number of rotatable bonds is 4. The van der Waals surface area contributed by atoms with Crippen LogP contribution in [-0.2, 0) is 6.42 Å². The maximum absolute atomic E-state index is 4.71. The van der Waals surface area contributed by atoms with Gasteiger partial charge in [0.15, 0.2) is 0 Å². The molecule has 0 aliphatic rings. The van der Waals surface area contributed by atoms with Crippen LogP contribution in [0.1, 0.15) is 26.0 Å². The topological polar surface area (TPSA) is 12.9 Å². The van der Waals surface area contributed by atoms with Crippen LogP contribution in [0.4, 0.5) is 0 Å². The predicted molar refractivity (Wildman–Crippen MR) is 77.6 cm³/mol. The Bertz CT molecular complexity index is 493. The summed E-state index contributed by atoms with van der Waals surface area (Å²) in [5.74, 6) is 0.665. The second-order valence-corrected chi connectivity index (χ2v) is 6.38. The first kappa shape index (κ1) is 12.6. The summed E-state index contributed by atoms with van der Waals surface area (Å²) in [5, 5.41) is 1.22. The number of pyridine rings is 1. The number of alkyl halides is 1. The molecule has 1 nitrogen and oxygen atoms in total. The Morgan fingerprint density at radius 2 is 1.88 bits per heavy atom. The van der Waals surface area contributed by atoms with E-state index in [1.165, 1.54) is 17.5 Å². The zero-order chi connectivity index (χ0) is 12.3. The van der Waals surface area contributed by atoms with Gasteiger partial charge in [-0.15, -0.1) is 0 Å². The molecule has 1 aromatic heterocycles. The lowest BCUT2D eigenvalue weighted by Gasteiger charge is -2.12. The highest BCUT2D eigenvalue weighted by Crippen LogP contribution is 2.18. The van der Waals surface area contributed by atoms with E-state index in [0.29, 0.717) is 10.7 Å². The van der Waals surface area contributed by atoms with Gasteiger partial charge >= 0.3 is 0 Å². The number of aromatic nitrogens is 1. The third-order valence-corrected chi connectivity index (χ3v) is 3.31. The first-order valence-electron chi connectivity index (χ1n) is 6.14. The molecular weight excluding hydrogens is 274 g/mol. The summed E-state index contributed by atoms with van der Waals surface area (Å²) in [6.45, 7) is 4.49. The molecular formula is C15H18BrN. The summed E-state index contributed by atoms with van der Waals surface area (Å²) >= 11 is 3.61. The highest BCUT2D eigenvalue weighted by Gasteiger charge is 2.08. The van der Waals surface area contributed by atoms with Gasteiger partial charge in [-0.2, -0.15) is 0 Å². The molecule has 0 bridgehead atoms. The fraction of sp³-hybridized carbons (Fsp3) is 0.400. The number of hydrogen-bond donors (Lipinski definition) is 0. The molecule has 0 aliphatic carbocycles. The molecule has 0 saturated heterocycles. The van der Waals surface area contributed by atoms with Crippen LogP contribution in [0.25, 0.3) is 10.9 Å². The number of hydrogen-bond acceptors (Lipinski definition) is 1. The molecule has 2 unspecified atom stereocenters. The van der Waals surface area contributed by atoms with Crippen LogP contribution >= 0.6 is 15.9 Å². The number of nitrogens with zero attached hydrogens (tertiary/aromatic N) is 1. The first-order chi connectivity index (χ1) is 8.15. The van der Waals surface area contributed by atoms with Gasteiger partial charge in [0, 0.05) is 15.9 Å². The summed E-state index contributed by atoms with van der Waals surface area (Å²) in [4.78, 5) is 5.29. The Morgan fingerprint density at radius 1 is 1.12 bits per heavy atom. The quantitative estimate of drug-likeness (QED) is 0.751. The van der Waals surface area contributed by atoms with Crippen molar-refractivity contribution in [3.63, 3.8) is 0 Å². The Kier molecular flexibility index (Phi) is 4.16. The summed E-state index contributed by atoms with van der Waals surface area (Å²) in [6.07, 6.45) is 2.25. The fourth-order valence-corrected chi connectivity index (χ4v) is 2.85. The largest absolute Gasteiger partial charge is 0.253 e. The van der Waals surface area contributed by atoms with Crippen LogP contribution in [0.3, 0.4) is 0 Å². The van der Waals surface area contributed by atoms with Crippen LogP contribution < -0.4 is 0 Å². The fourth-order valence-electron chi connectivity index (χ4n) is 2.22. The van der Waals surface area contributed by atoms with Crippen LogP contribution in [0.15, 0.2) is 36.4 Å². The third-order valence-electron chi connectivity index (χ3n) is 2.94. The van der Waals surface area contributed by atoms with Crippen molar-refractivity contribution in [1.82, 2.24) is 4.98 Å². The standard InChI is InChI=1S/C15H18BrN/c1-11(9-12(2)16)10-14-8-7-13-5-3-4-6-15(13)17-14/h3-8,11-12H,9-10H2,1-2H3. The van der Waals surface area contributed by atoms with Gasteiger partial charge < -0.3 is 0 Å². The van der Waals surface area contributed by atoms with Crippen molar-refractivity contribution in [1.29, 1.82) is 0 Å². The van der Waals surface area contributed by atoms with E-state index in [-0.39, 0.29) is 0 Å². The van der Waals surface area contributed by atoms with Crippen molar-refractivity contribution in [3.05, 3.63) is 42.1 Å². The van der Waals surface area contributed by atoms with Crippen LogP contribution in [0.5, 0.6) is 0 Å². The van der Waals surface area contributed by atoms with Gasteiger partial charge in [-0.25, -0.2) is 0 Å². The summed E-state index contributed by atoms with van der Waals surface area (Å²) in [7, 11) is 0. The molecule has 0 amide bonds. The highest BCUT2D eigenvalue weighted by molar-refractivity contribution is 9.09. The Balaban J connectivity index is 2.14. The van der Waals surface area contributed by atoms with Gasteiger partial charge in [0.2, 0.25) is 0 Å². The van der Waals surface area contributed by atoms with Crippen molar-refractivity contribution in [2.75, 3.05) is 0 Å². The van der Waals surface area contributed by atoms with Crippen molar-refractivity contribution in [2.24, 2.45) is 5.92 Å². The average Bonchev–Trinajstić information content (AvgIpc) is 2.27. The molecule has 90 valence electrons. The van der Waals surface area contributed by atoms with Gasteiger partial charge in [-0.1, -0.05) is 54.0 Å². The Morgan fingerprint density at radius 3 is 2.65 bits per heavy atom. The van der Waals surface area contributed by atoms with E-state index in [1.807, 2.05) is 6.07 Å². The number of halogens is 1. The predicted octanol–water partition coefficient (Wildman–Crippen LogP) is 4.59. The summed E-state index contributed by atoms with van der Waals surface area (Å²) in [5.41, 5.74) is 2.30. The minimum Gasteiger partial charge on any atom is -0.253 e. The monoisotopic (exact) mass is 291 g/mol. The van der Waals surface area contributed by atoms with E-state index in [2.05, 4.69) is 60.1 Å². The zero-order valence-electron chi connectivity index (χ0n) is 10.4. The van der Waals surface area contributed by atoms with E-state index in [1.54, 1.807) is 0 Å². The second kappa shape index (κ2) is 5.63. The van der Waals surface area contributed by atoms with E-state index < -0.39 is 0 Å². The third kappa shape index (κ3) is 3.53. The molecule has 2 rings (SSSR count). The van der Waals surface area contributed by atoms with Gasteiger partial charge in [0.05, 0.1) is 5.52 Å². The molecule has 2 aromatic rings. The van der Waals surface area contributed by atoms with E-state index in [0.717, 1.165) is 11.9 Å². The second-order valence-electron chi connectivity index (χ2n) is 4.82. The Hall–Kier alpha value is -0.890. The molecule has 0 spiro atoms. The number of benzene rings is 1. The lowest BCUT2D eigenvalue weighted by atomic mass is 9.99. The molecule has 2 heteroatoms. The number of fused-ring (bicyclic) bond motifs is 1. The molecule has 1 heterocycles. The maximum Gasteiger partial charge on any atom is 0.0705 e. The first-order valence-corrected chi connectivity index (χ1v) is 7.05. The van der Waals surface area contributed by atoms with Crippen LogP contribution in [0.2, 0.25) is 0 Å². The SMILES string of the molecule is CC(Br)CC(C)Cc1ccc2ccccc2n1. The summed E-state index contributed by atoms with van der Waals surface area (Å²) in [6, 6.07) is 12.6. The molecule has 2 atom stereocenters. The van der Waals surface area contributed by atoms with Gasteiger partial charge in [0.1, 0.15) is 0 Å². The van der Waals surface area contributed by atoms with Crippen molar-refractivity contribution < 1.29 is 0 Å². The minimum atomic E-state index is 0.581. The smallest absolute Gasteiger partial charge is 0.0705 e. The van der Waals surface area contributed by atoms with Gasteiger partial charge in [0.25, 0.3) is 0 Å². The minimum absolute atomic E-state index is 0.581. The normalized spacial score (nSPS) is 14.8. The summed E-state index contributed by atoms with van der Waals surface area (Å²) < 4.78 is 0. The van der Waals surface area contributed by atoms with Crippen LogP contribution in [0, 0.1) is 5.92 Å². The molecule has 0 saturated carbocycles. The number of para-hydroxylation sites is 1. The lowest BCUT2D eigenvalue weighted by molar-refractivity contribution is 0.527. The lowest BCUT2D eigenvalue weighted by Crippen LogP contribution is -2.06. The van der Waals surface area contributed by atoms with Crippen molar-refractivity contribution >= 4 is 26.8 Å². The Labute approximate surface area is 111 Å². The highest BCUT2D eigenvalue weighted by atomic mass is 79.9. The molecule has 0 aliphatic heterocycles. The van der Waals surface area contributed by atoms with E-state index in [9.17, 15) is 0 Å². The van der Waals surface area contributed by atoms with E-state index >= 15 is 0 Å². The maximum atomic E-state index is 4.71.